The Labute approximate surface area is 120 Å². The van der Waals surface area contributed by atoms with Gasteiger partial charge in [0.2, 0.25) is 0 Å². The molecular weight excluding hydrogens is 281 g/mol. The van der Waals surface area contributed by atoms with Gasteiger partial charge in [-0.2, -0.15) is 5.10 Å². The van der Waals surface area contributed by atoms with Crippen molar-refractivity contribution in [3.8, 4) is 17.1 Å². The fourth-order valence-corrected chi connectivity index (χ4v) is 2.30. The van der Waals surface area contributed by atoms with E-state index in [0.29, 0.717) is 15.9 Å². The van der Waals surface area contributed by atoms with Gasteiger partial charge < -0.3 is 0 Å². The van der Waals surface area contributed by atoms with Crippen molar-refractivity contribution in [2.24, 2.45) is 0 Å². The zero-order valence-electron chi connectivity index (χ0n) is 9.79. The molecule has 0 N–H and O–H groups in total. The number of halogens is 2. The van der Waals surface area contributed by atoms with E-state index in [1.54, 1.807) is 4.68 Å². The van der Waals surface area contributed by atoms with Gasteiger partial charge in [-0.05, 0) is 24.3 Å². The highest BCUT2D eigenvalue weighted by Crippen LogP contribution is 2.29. The summed E-state index contributed by atoms with van der Waals surface area (Å²) in [6.07, 6.45) is 1.49. The van der Waals surface area contributed by atoms with E-state index in [2.05, 4.69) is 10.1 Å². The predicted octanol–water partition coefficient (Wildman–Crippen LogP) is 4.24. The van der Waals surface area contributed by atoms with Crippen molar-refractivity contribution in [2.75, 3.05) is 0 Å². The maximum Gasteiger partial charge on any atom is 0.164 e. The molecule has 2 aromatic carbocycles. The Bertz CT molecular complexity index is 662. The quantitative estimate of drug-likeness (QED) is 0.706. The van der Waals surface area contributed by atoms with E-state index in [9.17, 15) is 0 Å². The van der Waals surface area contributed by atoms with Gasteiger partial charge in [0.25, 0.3) is 0 Å². The van der Waals surface area contributed by atoms with Crippen LogP contribution in [0.3, 0.4) is 0 Å². The van der Waals surface area contributed by atoms with Crippen molar-refractivity contribution >= 4 is 23.2 Å². The van der Waals surface area contributed by atoms with Crippen molar-refractivity contribution in [2.45, 2.75) is 0 Å². The standard InChI is InChI=1S/C14H9Cl2N3/c15-11-6-2-1-5-10(11)14-17-9-18-19(14)13-8-4-3-7-12(13)16/h1-9H. The number of benzene rings is 2. The molecule has 94 valence electrons. The summed E-state index contributed by atoms with van der Waals surface area (Å²) in [6, 6.07) is 15.0. The Morgan fingerprint density at radius 3 is 2.26 bits per heavy atom. The number of aromatic nitrogens is 3. The molecule has 0 spiro atoms. The molecule has 0 aliphatic carbocycles. The number of rotatable bonds is 2. The Kier molecular flexibility index (Phi) is 3.23. The minimum Gasteiger partial charge on any atom is -0.215 e. The first-order valence-corrected chi connectivity index (χ1v) is 6.43. The van der Waals surface area contributed by atoms with Crippen LogP contribution < -0.4 is 0 Å². The zero-order valence-corrected chi connectivity index (χ0v) is 11.3. The van der Waals surface area contributed by atoms with Gasteiger partial charge in [-0.15, -0.1) is 0 Å². The van der Waals surface area contributed by atoms with Crippen LogP contribution in [-0.2, 0) is 0 Å². The second kappa shape index (κ2) is 5.03. The van der Waals surface area contributed by atoms with E-state index in [1.165, 1.54) is 6.33 Å². The monoisotopic (exact) mass is 289 g/mol. The predicted molar refractivity (Wildman–Crippen MR) is 76.8 cm³/mol. The van der Waals surface area contributed by atoms with Gasteiger partial charge in [-0.1, -0.05) is 47.5 Å². The summed E-state index contributed by atoms with van der Waals surface area (Å²) >= 11 is 12.4. The van der Waals surface area contributed by atoms with Crippen LogP contribution in [0, 0.1) is 0 Å². The van der Waals surface area contributed by atoms with Crippen molar-refractivity contribution in [1.29, 1.82) is 0 Å². The average molecular weight is 290 g/mol. The molecule has 0 saturated carbocycles. The molecule has 0 unspecified atom stereocenters. The van der Waals surface area contributed by atoms with E-state index in [1.807, 2.05) is 48.5 Å². The summed E-state index contributed by atoms with van der Waals surface area (Å²) in [5, 5.41) is 5.47. The molecule has 0 atom stereocenters. The Hall–Kier alpha value is -1.84. The summed E-state index contributed by atoms with van der Waals surface area (Å²) in [4.78, 5) is 4.27. The zero-order chi connectivity index (χ0) is 13.2. The van der Waals surface area contributed by atoms with Crippen LogP contribution in [0.4, 0.5) is 0 Å². The first-order chi connectivity index (χ1) is 9.27. The van der Waals surface area contributed by atoms with E-state index in [4.69, 9.17) is 23.2 Å². The van der Waals surface area contributed by atoms with E-state index in [-0.39, 0.29) is 0 Å². The molecule has 3 nitrogen and oxygen atoms in total. The summed E-state index contributed by atoms with van der Waals surface area (Å²) in [5.41, 5.74) is 1.60. The number of para-hydroxylation sites is 1. The Morgan fingerprint density at radius 2 is 1.53 bits per heavy atom. The van der Waals surface area contributed by atoms with Gasteiger partial charge in [-0.3, -0.25) is 0 Å². The minimum atomic E-state index is 0.612. The molecule has 19 heavy (non-hydrogen) atoms. The molecule has 0 fully saturated rings. The summed E-state index contributed by atoms with van der Waals surface area (Å²) in [5.74, 6) is 0.665. The summed E-state index contributed by atoms with van der Waals surface area (Å²) < 4.78 is 1.68. The lowest BCUT2D eigenvalue weighted by Crippen LogP contribution is -2.00. The second-order valence-corrected chi connectivity index (χ2v) is 4.74. The van der Waals surface area contributed by atoms with Gasteiger partial charge in [0.05, 0.1) is 15.7 Å². The Balaban J connectivity index is 2.20. The molecule has 0 radical (unpaired) electrons. The molecule has 0 bridgehead atoms. The van der Waals surface area contributed by atoms with Crippen molar-refractivity contribution in [3.05, 3.63) is 64.9 Å². The first kappa shape index (κ1) is 12.2. The average Bonchev–Trinajstić information content (AvgIpc) is 2.89. The largest absolute Gasteiger partial charge is 0.215 e. The molecule has 0 aliphatic rings. The number of hydrogen-bond donors (Lipinski definition) is 0. The highest BCUT2D eigenvalue weighted by molar-refractivity contribution is 6.33. The van der Waals surface area contributed by atoms with Gasteiger partial charge in [0.15, 0.2) is 5.82 Å². The first-order valence-electron chi connectivity index (χ1n) is 5.67. The van der Waals surface area contributed by atoms with Crippen LogP contribution in [0.15, 0.2) is 54.9 Å². The highest BCUT2D eigenvalue weighted by atomic mass is 35.5. The topological polar surface area (TPSA) is 30.7 Å². The van der Waals surface area contributed by atoms with Crippen LogP contribution in [-0.4, -0.2) is 14.8 Å². The third kappa shape index (κ3) is 2.23. The normalized spacial score (nSPS) is 10.6. The number of nitrogens with zero attached hydrogens (tertiary/aromatic N) is 3. The molecular formula is C14H9Cl2N3. The molecule has 5 heteroatoms. The van der Waals surface area contributed by atoms with Gasteiger partial charge in [0.1, 0.15) is 6.33 Å². The van der Waals surface area contributed by atoms with Crippen LogP contribution >= 0.6 is 23.2 Å². The maximum atomic E-state index is 6.20. The van der Waals surface area contributed by atoms with Crippen molar-refractivity contribution in [1.82, 2.24) is 14.8 Å². The maximum absolute atomic E-state index is 6.20. The molecule has 0 amide bonds. The van der Waals surface area contributed by atoms with Crippen LogP contribution in [0.5, 0.6) is 0 Å². The molecule has 3 rings (SSSR count). The fourth-order valence-electron chi connectivity index (χ4n) is 1.87. The van der Waals surface area contributed by atoms with E-state index in [0.717, 1.165) is 11.3 Å². The SMILES string of the molecule is Clc1ccccc1-c1ncnn1-c1ccccc1Cl. The second-order valence-electron chi connectivity index (χ2n) is 3.93. The van der Waals surface area contributed by atoms with Crippen LogP contribution in [0.2, 0.25) is 10.0 Å². The third-order valence-electron chi connectivity index (χ3n) is 2.74. The van der Waals surface area contributed by atoms with Crippen LogP contribution in [0.1, 0.15) is 0 Å². The Morgan fingerprint density at radius 1 is 0.842 bits per heavy atom. The summed E-state index contributed by atoms with van der Waals surface area (Å²) in [7, 11) is 0. The van der Waals surface area contributed by atoms with Gasteiger partial charge >= 0.3 is 0 Å². The smallest absolute Gasteiger partial charge is 0.164 e. The molecule has 1 aromatic heterocycles. The van der Waals surface area contributed by atoms with Crippen molar-refractivity contribution < 1.29 is 0 Å². The lowest BCUT2D eigenvalue weighted by molar-refractivity contribution is 0.887. The van der Waals surface area contributed by atoms with Crippen molar-refractivity contribution in [3.63, 3.8) is 0 Å². The van der Waals surface area contributed by atoms with E-state index >= 15 is 0 Å². The molecule has 1 heterocycles. The third-order valence-corrected chi connectivity index (χ3v) is 3.39. The van der Waals surface area contributed by atoms with E-state index < -0.39 is 0 Å². The molecule has 0 aliphatic heterocycles. The lowest BCUT2D eigenvalue weighted by Gasteiger charge is -2.08. The summed E-state index contributed by atoms with van der Waals surface area (Å²) in [6.45, 7) is 0. The molecule has 0 saturated heterocycles. The van der Waals surface area contributed by atoms with Gasteiger partial charge in [0, 0.05) is 5.56 Å². The van der Waals surface area contributed by atoms with Crippen LogP contribution in [0.25, 0.3) is 17.1 Å². The fraction of sp³-hybridized carbons (Fsp3) is 0. The van der Waals surface area contributed by atoms with Gasteiger partial charge in [-0.25, -0.2) is 9.67 Å². The number of hydrogen-bond acceptors (Lipinski definition) is 2. The lowest BCUT2D eigenvalue weighted by atomic mass is 10.2. The molecule has 3 aromatic rings. The minimum absolute atomic E-state index is 0.612. The highest BCUT2D eigenvalue weighted by Gasteiger charge is 2.13.